The van der Waals surface area contributed by atoms with Gasteiger partial charge in [0.1, 0.15) is 11.6 Å². The van der Waals surface area contributed by atoms with Crippen LogP contribution in [0.4, 0.5) is 10.1 Å². The summed E-state index contributed by atoms with van der Waals surface area (Å²) >= 11 is 3.44. The lowest BCUT2D eigenvalue weighted by Gasteiger charge is -2.11. The molecule has 3 aromatic rings. The molecule has 2 aromatic carbocycles. The Morgan fingerprint density at radius 2 is 2.05 bits per heavy atom. The van der Waals surface area contributed by atoms with Gasteiger partial charge in [-0.05, 0) is 58.7 Å². The second-order valence-corrected chi connectivity index (χ2v) is 5.81. The second-order valence-electron chi connectivity index (χ2n) is 4.96. The van der Waals surface area contributed by atoms with Crippen LogP contribution in [0.3, 0.4) is 0 Å². The van der Waals surface area contributed by atoms with Crippen LogP contribution >= 0.6 is 15.9 Å². The first kappa shape index (κ1) is 14.1. The van der Waals surface area contributed by atoms with E-state index in [2.05, 4.69) is 32.4 Å². The zero-order valence-electron chi connectivity index (χ0n) is 11.6. The summed E-state index contributed by atoms with van der Waals surface area (Å²) in [5.74, 6) is 0.682. The fourth-order valence-electron chi connectivity index (χ4n) is 2.47. The lowest BCUT2D eigenvalue weighted by atomic mass is 10.2. The Kier molecular flexibility index (Phi) is 3.68. The van der Waals surface area contributed by atoms with Crippen molar-refractivity contribution >= 4 is 32.7 Å². The molecule has 3 rings (SSSR count). The fraction of sp³-hybridized carbons (Fsp3) is 0.188. The van der Waals surface area contributed by atoms with Gasteiger partial charge in [-0.3, -0.25) is 4.57 Å². The zero-order chi connectivity index (χ0) is 15.0. The Bertz CT molecular complexity index is 811. The molecule has 0 bridgehead atoms. The zero-order valence-corrected chi connectivity index (χ0v) is 13.2. The third-order valence-corrected chi connectivity index (χ3v) is 4.01. The highest BCUT2D eigenvalue weighted by molar-refractivity contribution is 9.10. The number of nitrogen functional groups attached to an aromatic ring is 1. The predicted octanol–water partition coefficient (Wildman–Crippen LogP) is 4.46. The maximum absolute atomic E-state index is 13.3. The molecule has 1 heterocycles. The van der Waals surface area contributed by atoms with Crippen LogP contribution in [-0.4, -0.2) is 9.55 Å². The summed E-state index contributed by atoms with van der Waals surface area (Å²) in [6, 6.07) is 10.4. The van der Waals surface area contributed by atoms with Crippen molar-refractivity contribution in [2.45, 2.75) is 19.8 Å². The minimum absolute atomic E-state index is 0.267. The van der Waals surface area contributed by atoms with Gasteiger partial charge in [-0.15, -0.1) is 0 Å². The molecule has 0 saturated carbocycles. The molecular weight excluding hydrogens is 333 g/mol. The van der Waals surface area contributed by atoms with Crippen LogP contribution in [-0.2, 0) is 6.42 Å². The van der Waals surface area contributed by atoms with Crippen molar-refractivity contribution in [1.29, 1.82) is 0 Å². The minimum Gasteiger partial charge on any atom is -0.399 e. The topological polar surface area (TPSA) is 43.8 Å². The molecule has 0 unspecified atom stereocenters. The Balaban J connectivity index is 2.30. The van der Waals surface area contributed by atoms with Gasteiger partial charge in [-0.25, -0.2) is 9.37 Å². The van der Waals surface area contributed by atoms with Crippen molar-refractivity contribution in [1.82, 2.24) is 9.55 Å². The molecule has 0 saturated heterocycles. The van der Waals surface area contributed by atoms with Gasteiger partial charge in [0.15, 0.2) is 0 Å². The highest BCUT2D eigenvalue weighted by Crippen LogP contribution is 2.29. The highest BCUT2D eigenvalue weighted by atomic mass is 79.9. The predicted molar refractivity (Wildman–Crippen MR) is 87.1 cm³/mol. The summed E-state index contributed by atoms with van der Waals surface area (Å²) in [5, 5.41) is 0. The molecular formula is C16H15BrFN3. The summed E-state index contributed by atoms with van der Waals surface area (Å²) in [6.07, 6.45) is 1.83. The molecule has 0 fully saturated rings. The number of rotatable bonds is 3. The first-order valence-corrected chi connectivity index (χ1v) is 7.61. The highest BCUT2D eigenvalue weighted by Gasteiger charge is 2.14. The molecule has 0 aliphatic heterocycles. The number of hydrogen-bond acceptors (Lipinski definition) is 2. The summed E-state index contributed by atoms with van der Waals surface area (Å²) in [7, 11) is 0. The number of halogens is 2. The molecule has 2 N–H and O–H groups in total. The summed E-state index contributed by atoms with van der Waals surface area (Å²) < 4.78 is 16.1. The summed E-state index contributed by atoms with van der Waals surface area (Å²) in [6.45, 7) is 2.11. The van der Waals surface area contributed by atoms with Gasteiger partial charge in [0, 0.05) is 16.6 Å². The largest absolute Gasteiger partial charge is 0.399 e. The smallest absolute Gasteiger partial charge is 0.124 e. The summed E-state index contributed by atoms with van der Waals surface area (Å²) in [5.41, 5.74) is 9.24. The van der Waals surface area contributed by atoms with E-state index in [0.717, 1.165) is 35.4 Å². The molecule has 3 nitrogen and oxygen atoms in total. The minimum atomic E-state index is -0.267. The molecule has 1 aromatic heterocycles. The number of aryl methyl sites for hydroxylation is 1. The maximum atomic E-state index is 13.3. The molecule has 0 aliphatic carbocycles. The molecule has 21 heavy (non-hydrogen) atoms. The lowest BCUT2D eigenvalue weighted by molar-refractivity contribution is 0.626. The molecule has 0 atom stereocenters. The van der Waals surface area contributed by atoms with Crippen LogP contribution in [0.5, 0.6) is 0 Å². The Morgan fingerprint density at radius 3 is 2.76 bits per heavy atom. The standard InChI is InChI=1S/C16H15BrFN3/c1-2-3-16-20-13-9-11(19)5-7-15(13)21(16)14-6-4-10(18)8-12(14)17/h4-9H,2-3,19H2,1H3. The maximum Gasteiger partial charge on any atom is 0.124 e. The normalized spacial score (nSPS) is 11.2. The lowest BCUT2D eigenvalue weighted by Crippen LogP contribution is -2.02. The molecule has 108 valence electrons. The van der Waals surface area contributed by atoms with E-state index in [1.165, 1.54) is 12.1 Å². The van der Waals surface area contributed by atoms with Crippen LogP contribution in [0.1, 0.15) is 19.2 Å². The van der Waals surface area contributed by atoms with Gasteiger partial charge in [-0.1, -0.05) is 6.92 Å². The average Bonchev–Trinajstić information content (AvgIpc) is 2.76. The van der Waals surface area contributed by atoms with Crippen molar-refractivity contribution in [2.75, 3.05) is 5.73 Å². The Labute approximate surface area is 130 Å². The van der Waals surface area contributed by atoms with Crippen LogP contribution in [0.25, 0.3) is 16.7 Å². The number of nitrogens with zero attached hydrogens (tertiary/aromatic N) is 2. The number of fused-ring (bicyclic) bond motifs is 1. The van der Waals surface area contributed by atoms with Gasteiger partial charge in [0.2, 0.25) is 0 Å². The molecule has 0 radical (unpaired) electrons. The Hall–Kier alpha value is -1.88. The number of anilines is 1. The fourth-order valence-corrected chi connectivity index (χ4v) is 3.00. The van der Waals surface area contributed by atoms with E-state index in [0.29, 0.717) is 10.2 Å². The van der Waals surface area contributed by atoms with E-state index in [1.807, 2.05) is 18.2 Å². The molecule has 5 heteroatoms. The van der Waals surface area contributed by atoms with E-state index in [1.54, 1.807) is 6.07 Å². The van der Waals surface area contributed by atoms with Crippen LogP contribution in [0, 0.1) is 5.82 Å². The first-order valence-electron chi connectivity index (χ1n) is 6.82. The van der Waals surface area contributed by atoms with Crippen molar-refractivity contribution in [3.63, 3.8) is 0 Å². The van der Waals surface area contributed by atoms with E-state index in [9.17, 15) is 4.39 Å². The van der Waals surface area contributed by atoms with E-state index < -0.39 is 0 Å². The van der Waals surface area contributed by atoms with Crippen molar-refractivity contribution < 1.29 is 4.39 Å². The number of benzene rings is 2. The van der Waals surface area contributed by atoms with Gasteiger partial charge >= 0.3 is 0 Å². The number of aromatic nitrogens is 2. The summed E-state index contributed by atoms with van der Waals surface area (Å²) in [4.78, 5) is 4.67. The Morgan fingerprint density at radius 1 is 1.24 bits per heavy atom. The van der Waals surface area contributed by atoms with Crippen molar-refractivity contribution in [3.8, 4) is 5.69 Å². The van der Waals surface area contributed by atoms with Gasteiger partial charge in [0.25, 0.3) is 0 Å². The quantitative estimate of drug-likeness (QED) is 0.710. The first-order chi connectivity index (χ1) is 10.1. The van der Waals surface area contributed by atoms with E-state index in [-0.39, 0.29) is 5.82 Å². The number of nitrogens with two attached hydrogens (primary N) is 1. The van der Waals surface area contributed by atoms with Gasteiger partial charge in [-0.2, -0.15) is 0 Å². The average molecular weight is 348 g/mol. The van der Waals surface area contributed by atoms with Gasteiger partial charge < -0.3 is 5.73 Å². The SMILES string of the molecule is CCCc1nc2cc(N)ccc2n1-c1ccc(F)cc1Br. The molecule has 0 amide bonds. The second kappa shape index (κ2) is 5.48. The molecule has 0 spiro atoms. The van der Waals surface area contributed by atoms with Crippen molar-refractivity contribution in [3.05, 3.63) is 52.5 Å². The van der Waals surface area contributed by atoms with Crippen LogP contribution in [0.2, 0.25) is 0 Å². The van der Waals surface area contributed by atoms with Gasteiger partial charge in [0.05, 0.1) is 16.7 Å². The van der Waals surface area contributed by atoms with Crippen LogP contribution in [0.15, 0.2) is 40.9 Å². The molecule has 0 aliphatic rings. The van der Waals surface area contributed by atoms with Crippen molar-refractivity contribution in [2.24, 2.45) is 0 Å². The number of hydrogen-bond donors (Lipinski definition) is 1. The third-order valence-electron chi connectivity index (χ3n) is 3.37. The van der Waals surface area contributed by atoms with Crippen LogP contribution < -0.4 is 5.73 Å². The third kappa shape index (κ3) is 2.53. The number of imidazole rings is 1. The monoisotopic (exact) mass is 347 g/mol. The van der Waals surface area contributed by atoms with E-state index in [4.69, 9.17) is 5.73 Å². The van der Waals surface area contributed by atoms with E-state index >= 15 is 0 Å².